The number of thiocarbonyl (C=S) groups is 1. The number of amides is 2. The molecule has 2 aromatic carbocycles. The number of anilines is 1. The van der Waals surface area contributed by atoms with Gasteiger partial charge in [-0.3, -0.25) is 9.59 Å². The number of unbranched alkanes of at least 4 members (excludes halogenated alkanes) is 10. The zero-order chi connectivity index (χ0) is 26.0. The van der Waals surface area contributed by atoms with Crippen LogP contribution in [0.2, 0.25) is 0 Å². The Morgan fingerprint density at radius 3 is 1.92 bits per heavy atom. The fourth-order valence-electron chi connectivity index (χ4n) is 4.11. The van der Waals surface area contributed by atoms with Crippen molar-refractivity contribution in [3.8, 4) is 0 Å². The van der Waals surface area contributed by atoms with E-state index in [1.54, 1.807) is 24.3 Å². The van der Waals surface area contributed by atoms with Crippen molar-refractivity contribution in [1.29, 1.82) is 0 Å². The van der Waals surface area contributed by atoms with Gasteiger partial charge in [0.15, 0.2) is 5.11 Å². The zero-order valence-electron chi connectivity index (χ0n) is 22.0. The van der Waals surface area contributed by atoms with E-state index in [-0.39, 0.29) is 23.0 Å². The van der Waals surface area contributed by atoms with Crippen LogP contribution in [0, 0.1) is 0 Å². The third-order valence-electron chi connectivity index (χ3n) is 6.31. The second kappa shape index (κ2) is 17.7. The highest BCUT2D eigenvalue weighted by Gasteiger charge is 2.11. The van der Waals surface area contributed by atoms with E-state index in [1.807, 2.05) is 37.3 Å². The number of carbonyl (C=O) groups excluding carboxylic acids is 2. The highest BCUT2D eigenvalue weighted by atomic mass is 32.1. The van der Waals surface area contributed by atoms with Gasteiger partial charge in [-0.2, -0.15) is 0 Å². The molecule has 1 atom stereocenters. The fourth-order valence-corrected chi connectivity index (χ4v) is 4.34. The van der Waals surface area contributed by atoms with Gasteiger partial charge in [0.25, 0.3) is 5.91 Å². The first kappa shape index (κ1) is 29.5. The van der Waals surface area contributed by atoms with Gasteiger partial charge in [-0.1, -0.05) is 101 Å². The third kappa shape index (κ3) is 12.3. The van der Waals surface area contributed by atoms with Crippen LogP contribution in [-0.2, 0) is 4.79 Å². The van der Waals surface area contributed by atoms with Gasteiger partial charge in [-0.15, -0.1) is 0 Å². The summed E-state index contributed by atoms with van der Waals surface area (Å²) in [7, 11) is 0. The van der Waals surface area contributed by atoms with Crippen LogP contribution in [0.5, 0.6) is 0 Å². The molecule has 0 aliphatic rings. The number of hydrogen-bond acceptors (Lipinski definition) is 3. The molecule has 2 amide bonds. The van der Waals surface area contributed by atoms with Gasteiger partial charge in [0, 0.05) is 17.7 Å². The van der Waals surface area contributed by atoms with Gasteiger partial charge in [-0.25, -0.2) is 0 Å². The molecule has 0 bridgehead atoms. The summed E-state index contributed by atoms with van der Waals surface area (Å²) in [5.74, 6) is -0.199. The second-order valence-corrected chi connectivity index (χ2v) is 9.88. The van der Waals surface area contributed by atoms with E-state index in [0.717, 1.165) is 24.1 Å². The summed E-state index contributed by atoms with van der Waals surface area (Å²) in [6.45, 7) is 4.21. The van der Waals surface area contributed by atoms with Crippen molar-refractivity contribution in [2.24, 2.45) is 0 Å². The van der Waals surface area contributed by atoms with E-state index in [1.165, 1.54) is 57.8 Å². The first-order valence-corrected chi connectivity index (χ1v) is 14.0. The van der Waals surface area contributed by atoms with Gasteiger partial charge in [0.05, 0.1) is 6.04 Å². The van der Waals surface area contributed by atoms with Crippen molar-refractivity contribution in [1.82, 2.24) is 10.6 Å². The fraction of sp³-hybridized carbons (Fsp3) is 0.500. The molecule has 2 rings (SSSR count). The highest BCUT2D eigenvalue weighted by Crippen LogP contribution is 2.15. The monoisotopic (exact) mass is 509 g/mol. The average Bonchev–Trinajstić information content (AvgIpc) is 2.88. The Morgan fingerprint density at radius 2 is 1.33 bits per heavy atom. The van der Waals surface area contributed by atoms with Crippen molar-refractivity contribution in [2.45, 2.75) is 96.9 Å². The predicted octanol–water partition coefficient (Wildman–Crippen LogP) is 7.69. The van der Waals surface area contributed by atoms with Gasteiger partial charge < -0.3 is 16.0 Å². The lowest BCUT2D eigenvalue weighted by Gasteiger charge is -2.15. The molecule has 0 radical (unpaired) electrons. The first-order valence-electron chi connectivity index (χ1n) is 13.6. The maximum absolute atomic E-state index is 12.5. The molecule has 6 heteroatoms. The van der Waals surface area contributed by atoms with Crippen LogP contribution in [-0.4, -0.2) is 16.9 Å². The molecule has 0 saturated carbocycles. The molecular weight excluding hydrogens is 466 g/mol. The minimum Gasteiger partial charge on any atom is -0.346 e. The van der Waals surface area contributed by atoms with Gasteiger partial charge >= 0.3 is 0 Å². The molecule has 0 heterocycles. The van der Waals surface area contributed by atoms with E-state index in [2.05, 4.69) is 22.9 Å². The Morgan fingerprint density at radius 1 is 0.778 bits per heavy atom. The zero-order valence-corrected chi connectivity index (χ0v) is 22.8. The SMILES string of the molecule is CCCCCCCCCCCCCC(=O)NC(=S)Nc1ccc(C(=O)NC(C)c2ccccc2)cc1. The number of rotatable bonds is 16. The maximum atomic E-state index is 12.5. The van der Waals surface area contributed by atoms with Crippen molar-refractivity contribution in [3.63, 3.8) is 0 Å². The van der Waals surface area contributed by atoms with Gasteiger partial charge in [0.1, 0.15) is 0 Å². The molecule has 3 N–H and O–H groups in total. The van der Waals surface area contributed by atoms with Crippen LogP contribution in [0.25, 0.3) is 0 Å². The molecule has 0 spiro atoms. The van der Waals surface area contributed by atoms with Crippen molar-refractivity contribution < 1.29 is 9.59 Å². The van der Waals surface area contributed by atoms with Crippen molar-refractivity contribution >= 4 is 34.8 Å². The summed E-state index contributed by atoms with van der Waals surface area (Å²) in [6.07, 6.45) is 14.3. The number of nitrogens with one attached hydrogen (secondary N) is 3. The van der Waals surface area contributed by atoms with Crippen LogP contribution >= 0.6 is 12.2 Å². The summed E-state index contributed by atoms with van der Waals surface area (Å²) in [5.41, 5.74) is 2.34. The summed E-state index contributed by atoms with van der Waals surface area (Å²) < 4.78 is 0. The first-order chi connectivity index (χ1) is 17.5. The topological polar surface area (TPSA) is 70.2 Å². The normalized spacial score (nSPS) is 11.5. The summed E-state index contributed by atoms with van der Waals surface area (Å²) in [6, 6.07) is 16.8. The van der Waals surface area contributed by atoms with E-state index >= 15 is 0 Å². The standard InChI is InChI=1S/C30H43N3O2S/c1-3-4-5-6-7-8-9-10-11-12-16-19-28(34)33-30(36)32-27-22-20-26(21-23-27)29(35)31-24(2)25-17-14-13-15-18-25/h13-15,17-18,20-24H,3-12,16,19H2,1-2H3,(H,31,35)(H2,32,33,34,36). The van der Waals surface area contributed by atoms with Crippen LogP contribution < -0.4 is 16.0 Å². The smallest absolute Gasteiger partial charge is 0.251 e. The molecule has 1 unspecified atom stereocenters. The largest absolute Gasteiger partial charge is 0.346 e. The van der Waals surface area contributed by atoms with Crippen molar-refractivity contribution in [2.75, 3.05) is 5.32 Å². The molecule has 36 heavy (non-hydrogen) atoms. The average molecular weight is 510 g/mol. The van der Waals surface area contributed by atoms with E-state index in [0.29, 0.717) is 12.0 Å². The van der Waals surface area contributed by atoms with Crippen LogP contribution in [0.1, 0.15) is 113 Å². The molecule has 0 saturated heterocycles. The maximum Gasteiger partial charge on any atom is 0.251 e. The summed E-state index contributed by atoms with van der Waals surface area (Å²) in [4.78, 5) is 24.7. The molecule has 0 fully saturated rings. The molecule has 2 aromatic rings. The minimum atomic E-state index is -0.138. The molecule has 0 aromatic heterocycles. The lowest BCUT2D eigenvalue weighted by Crippen LogP contribution is -2.33. The number of benzene rings is 2. The molecule has 196 valence electrons. The Bertz CT molecular complexity index is 916. The van der Waals surface area contributed by atoms with E-state index < -0.39 is 0 Å². The van der Waals surface area contributed by atoms with Crippen LogP contribution in [0.4, 0.5) is 5.69 Å². The van der Waals surface area contributed by atoms with Crippen molar-refractivity contribution in [3.05, 3.63) is 65.7 Å². The van der Waals surface area contributed by atoms with Gasteiger partial charge in [0.2, 0.25) is 5.91 Å². The highest BCUT2D eigenvalue weighted by molar-refractivity contribution is 7.80. The number of carbonyl (C=O) groups is 2. The lowest BCUT2D eigenvalue weighted by atomic mass is 10.1. The van der Waals surface area contributed by atoms with E-state index in [4.69, 9.17) is 12.2 Å². The summed E-state index contributed by atoms with van der Waals surface area (Å²) in [5, 5.41) is 9.04. The third-order valence-corrected chi connectivity index (χ3v) is 6.52. The minimum absolute atomic E-state index is 0.0608. The molecule has 0 aliphatic carbocycles. The molecule has 0 aliphatic heterocycles. The summed E-state index contributed by atoms with van der Waals surface area (Å²) >= 11 is 5.27. The quantitative estimate of drug-likeness (QED) is 0.160. The molecule has 5 nitrogen and oxygen atoms in total. The molecular formula is C30H43N3O2S. The van der Waals surface area contributed by atoms with Crippen LogP contribution in [0.3, 0.4) is 0 Å². The van der Waals surface area contributed by atoms with Gasteiger partial charge in [-0.05, 0) is 55.4 Å². The Balaban J connectivity index is 1.58. The second-order valence-electron chi connectivity index (χ2n) is 9.47. The Kier molecular flexibility index (Phi) is 14.5. The van der Waals surface area contributed by atoms with Crippen LogP contribution in [0.15, 0.2) is 54.6 Å². The lowest BCUT2D eigenvalue weighted by molar-refractivity contribution is -0.119. The Hall–Kier alpha value is -2.73. The Labute approximate surface area is 222 Å². The van der Waals surface area contributed by atoms with E-state index in [9.17, 15) is 9.59 Å². The number of hydrogen-bond donors (Lipinski definition) is 3. The predicted molar refractivity (Wildman–Crippen MR) is 154 cm³/mol.